The van der Waals surface area contributed by atoms with Gasteiger partial charge in [0.15, 0.2) is 0 Å². The van der Waals surface area contributed by atoms with Crippen LogP contribution in [0.25, 0.3) is 0 Å². The Hall–Kier alpha value is -3.01. The molecular weight excluding hydrogens is 390 g/mol. The smallest absolute Gasteiger partial charge is 0.411 e. The molecule has 3 rings (SSSR count). The van der Waals surface area contributed by atoms with E-state index in [0.717, 1.165) is 25.2 Å². The van der Waals surface area contributed by atoms with Crippen LogP contribution in [0.15, 0.2) is 18.2 Å². The minimum absolute atomic E-state index is 0.0614. The number of anilines is 2. The molecule has 2 aliphatic rings. The number of carbonyl (C=O) groups excluding carboxylic acids is 3. The lowest BCUT2D eigenvalue weighted by molar-refractivity contribution is 0.0766. The Bertz CT molecular complexity index is 771. The SMILES string of the molecule is COC(=O)Nc1cc(C(=O)N2CCCNCC2)ccc1N1CCN(C(=O)OC)CC1. The van der Waals surface area contributed by atoms with Gasteiger partial charge in [0.1, 0.15) is 0 Å². The highest BCUT2D eigenvalue weighted by atomic mass is 16.5. The summed E-state index contributed by atoms with van der Waals surface area (Å²) in [6.07, 6.45) is -0.0508. The summed E-state index contributed by atoms with van der Waals surface area (Å²) in [6.45, 7) is 5.18. The molecule has 30 heavy (non-hydrogen) atoms. The first-order chi connectivity index (χ1) is 14.5. The number of carbonyl (C=O) groups is 3. The monoisotopic (exact) mass is 419 g/mol. The van der Waals surface area contributed by atoms with E-state index in [2.05, 4.69) is 15.5 Å². The normalized spacial score (nSPS) is 17.2. The number of methoxy groups -OCH3 is 2. The summed E-state index contributed by atoms with van der Waals surface area (Å²) in [5, 5.41) is 6.01. The molecule has 0 unspecified atom stereocenters. The molecule has 10 heteroatoms. The van der Waals surface area contributed by atoms with Crippen LogP contribution in [0.2, 0.25) is 0 Å². The quantitative estimate of drug-likeness (QED) is 0.758. The van der Waals surface area contributed by atoms with E-state index < -0.39 is 6.09 Å². The Labute approximate surface area is 176 Å². The van der Waals surface area contributed by atoms with Crippen molar-refractivity contribution in [3.63, 3.8) is 0 Å². The lowest BCUT2D eigenvalue weighted by atomic mass is 10.1. The Kier molecular flexibility index (Phi) is 7.34. The third kappa shape index (κ3) is 5.12. The van der Waals surface area contributed by atoms with Crippen LogP contribution in [-0.2, 0) is 9.47 Å². The van der Waals surface area contributed by atoms with Crippen LogP contribution < -0.4 is 15.5 Å². The van der Waals surface area contributed by atoms with Gasteiger partial charge in [-0.3, -0.25) is 10.1 Å². The van der Waals surface area contributed by atoms with Gasteiger partial charge < -0.3 is 29.5 Å². The Morgan fingerprint density at radius 2 is 1.70 bits per heavy atom. The molecule has 0 radical (unpaired) electrons. The first kappa shape index (κ1) is 21.7. The van der Waals surface area contributed by atoms with E-state index in [9.17, 15) is 14.4 Å². The molecule has 0 aromatic heterocycles. The number of nitrogens with zero attached hydrogens (tertiary/aromatic N) is 3. The van der Waals surface area contributed by atoms with Crippen molar-refractivity contribution in [1.82, 2.24) is 15.1 Å². The van der Waals surface area contributed by atoms with E-state index in [1.165, 1.54) is 14.2 Å². The van der Waals surface area contributed by atoms with E-state index >= 15 is 0 Å². The fourth-order valence-electron chi connectivity index (χ4n) is 3.70. The highest BCUT2D eigenvalue weighted by Gasteiger charge is 2.25. The van der Waals surface area contributed by atoms with Crippen LogP contribution >= 0.6 is 0 Å². The van der Waals surface area contributed by atoms with E-state index in [0.29, 0.717) is 50.5 Å². The minimum atomic E-state index is -0.604. The second-order valence-electron chi connectivity index (χ2n) is 7.19. The van der Waals surface area contributed by atoms with Crippen molar-refractivity contribution in [3.05, 3.63) is 23.8 Å². The molecule has 2 aliphatic heterocycles. The molecule has 2 saturated heterocycles. The fourth-order valence-corrected chi connectivity index (χ4v) is 3.70. The summed E-state index contributed by atoms with van der Waals surface area (Å²) in [7, 11) is 2.66. The molecular formula is C20H29N5O5. The number of benzene rings is 1. The van der Waals surface area contributed by atoms with Crippen molar-refractivity contribution in [2.24, 2.45) is 0 Å². The second kappa shape index (κ2) is 10.1. The maximum Gasteiger partial charge on any atom is 0.411 e. The molecule has 2 N–H and O–H groups in total. The summed E-state index contributed by atoms with van der Waals surface area (Å²) in [6, 6.07) is 5.31. The van der Waals surface area contributed by atoms with Gasteiger partial charge in [-0.25, -0.2) is 9.59 Å². The van der Waals surface area contributed by atoms with Gasteiger partial charge in [-0.15, -0.1) is 0 Å². The molecule has 0 saturated carbocycles. The number of piperazine rings is 1. The number of rotatable bonds is 3. The molecule has 1 aromatic carbocycles. The molecule has 2 fully saturated rings. The molecule has 0 atom stereocenters. The fraction of sp³-hybridized carbons (Fsp3) is 0.550. The van der Waals surface area contributed by atoms with Crippen LogP contribution in [0, 0.1) is 0 Å². The van der Waals surface area contributed by atoms with Crippen molar-refractivity contribution < 1.29 is 23.9 Å². The van der Waals surface area contributed by atoms with Gasteiger partial charge in [0.2, 0.25) is 0 Å². The Morgan fingerprint density at radius 3 is 2.40 bits per heavy atom. The van der Waals surface area contributed by atoms with Crippen molar-refractivity contribution in [3.8, 4) is 0 Å². The summed E-state index contributed by atoms with van der Waals surface area (Å²) >= 11 is 0. The number of hydrogen-bond donors (Lipinski definition) is 2. The highest BCUT2D eigenvalue weighted by molar-refractivity contribution is 5.98. The number of hydrogen-bond acceptors (Lipinski definition) is 7. The van der Waals surface area contributed by atoms with Gasteiger partial charge in [-0.2, -0.15) is 0 Å². The van der Waals surface area contributed by atoms with E-state index in [1.807, 2.05) is 11.0 Å². The first-order valence-electron chi connectivity index (χ1n) is 10.1. The highest BCUT2D eigenvalue weighted by Crippen LogP contribution is 2.29. The predicted molar refractivity (Wildman–Crippen MR) is 112 cm³/mol. The van der Waals surface area contributed by atoms with Crippen LogP contribution in [-0.4, -0.2) is 94.5 Å². The molecule has 0 aliphatic carbocycles. The van der Waals surface area contributed by atoms with Gasteiger partial charge in [0.25, 0.3) is 5.91 Å². The maximum atomic E-state index is 13.0. The van der Waals surface area contributed by atoms with Gasteiger partial charge in [-0.05, 0) is 31.2 Å². The molecule has 2 heterocycles. The molecule has 0 spiro atoms. The van der Waals surface area contributed by atoms with Crippen LogP contribution in [0.3, 0.4) is 0 Å². The third-order valence-corrected chi connectivity index (χ3v) is 5.35. The Balaban J connectivity index is 1.80. The summed E-state index contributed by atoms with van der Waals surface area (Å²) in [5.74, 6) is -0.0614. The second-order valence-corrected chi connectivity index (χ2v) is 7.19. The number of ether oxygens (including phenoxy) is 2. The standard InChI is InChI=1S/C20H29N5O5/c1-29-19(27)22-16-14-15(18(26)24-8-3-6-21-7-9-24)4-5-17(16)23-10-12-25(13-11-23)20(28)30-2/h4-5,14,21H,3,6-13H2,1-2H3,(H,22,27). The minimum Gasteiger partial charge on any atom is -0.453 e. The molecule has 164 valence electrons. The first-order valence-corrected chi connectivity index (χ1v) is 10.1. The van der Waals surface area contributed by atoms with E-state index in [-0.39, 0.29) is 12.0 Å². The lowest BCUT2D eigenvalue weighted by Crippen LogP contribution is -2.49. The summed E-state index contributed by atoms with van der Waals surface area (Å²) in [5.41, 5.74) is 1.80. The van der Waals surface area contributed by atoms with E-state index in [4.69, 9.17) is 9.47 Å². The zero-order chi connectivity index (χ0) is 21.5. The number of nitrogens with one attached hydrogen (secondary N) is 2. The molecule has 1 aromatic rings. The van der Waals surface area contributed by atoms with Crippen LogP contribution in [0.4, 0.5) is 21.0 Å². The summed E-state index contributed by atoms with van der Waals surface area (Å²) < 4.78 is 9.53. The van der Waals surface area contributed by atoms with Crippen molar-refractivity contribution in [2.45, 2.75) is 6.42 Å². The molecule has 10 nitrogen and oxygen atoms in total. The molecule has 0 bridgehead atoms. The lowest BCUT2D eigenvalue weighted by Gasteiger charge is -2.36. The zero-order valence-electron chi connectivity index (χ0n) is 17.5. The average Bonchev–Trinajstić information content (AvgIpc) is 3.07. The molecule has 3 amide bonds. The van der Waals surface area contributed by atoms with Gasteiger partial charge >= 0.3 is 12.2 Å². The number of amides is 3. The summed E-state index contributed by atoms with van der Waals surface area (Å²) in [4.78, 5) is 42.1. The van der Waals surface area contributed by atoms with Crippen molar-refractivity contribution in [1.29, 1.82) is 0 Å². The van der Waals surface area contributed by atoms with Gasteiger partial charge in [0, 0.05) is 51.4 Å². The van der Waals surface area contributed by atoms with Gasteiger partial charge in [0.05, 0.1) is 25.6 Å². The largest absolute Gasteiger partial charge is 0.453 e. The van der Waals surface area contributed by atoms with E-state index in [1.54, 1.807) is 17.0 Å². The Morgan fingerprint density at radius 1 is 0.933 bits per heavy atom. The van der Waals surface area contributed by atoms with Crippen molar-refractivity contribution >= 4 is 29.5 Å². The third-order valence-electron chi connectivity index (χ3n) is 5.35. The van der Waals surface area contributed by atoms with Crippen molar-refractivity contribution in [2.75, 3.05) is 76.8 Å². The van der Waals surface area contributed by atoms with Crippen LogP contribution in [0.5, 0.6) is 0 Å². The zero-order valence-corrected chi connectivity index (χ0v) is 17.5. The average molecular weight is 419 g/mol. The topological polar surface area (TPSA) is 103 Å². The van der Waals surface area contributed by atoms with Crippen LogP contribution in [0.1, 0.15) is 16.8 Å². The predicted octanol–water partition coefficient (Wildman–Crippen LogP) is 1.19. The van der Waals surface area contributed by atoms with Gasteiger partial charge in [-0.1, -0.05) is 0 Å². The maximum absolute atomic E-state index is 13.0.